The second-order valence-electron chi connectivity index (χ2n) is 6.79. The summed E-state index contributed by atoms with van der Waals surface area (Å²) in [6.07, 6.45) is 0.694. The molecule has 0 aliphatic carbocycles. The molecular formula is C22H23ClN2O3. The van der Waals surface area contributed by atoms with E-state index in [2.05, 4.69) is 5.32 Å². The molecule has 0 saturated carbocycles. The molecule has 0 bridgehead atoms. The van der Waals surface area contributed by atoms with Gasteiger partial charge in [-0.05, 0) is 55.2 Å². The molecule has 6 heteroatoms. The van der Waals surface area contributed by atoms with Crippen LogP contribution in [0.1, 0.15) is 30.0 Å². The maximum Gasteiger partial charge on any atom is 0.278 e. The first-order valence-electron chi connectivity index (χ1n) is 9.16. The number of nitrogens with one attached hydrogen (secondary N) is 1. The third-order valence-corrected chi connectivity index (χ3v) is 5.13. The van der Waals surface area contributed by atoms with Gasteiger partial charge in [0.2, 0.25) is 0 Å². The fraction of sp³-hybridized carbons (Fsp3) is 0.273. The SMILES string of the molecule is CCCN1C(=O)C(Nc2ccc(OC)c(Cl)c2)=C(c2ccc(C)c(C)c2)C1=O. The van der Waals surface area contributed by atoms with Crippen LogP contribution in [-0.2, 0) is 9.59 Å². The fourth-order valence-corrected chi connectivity index (χ4v) is 3.43. The monoisotopic (exact) mass is 398 g/mol. The minimum atomic E-state index is -0.327. The lowest BCUT2D eigenvalue weighted by molar-refractivity contribution is -0.136. The topological polar surface area (TPSA) is 58.6 Å². The van der Waals surface area contributed by atoms with Gasteiger partial charge in [0.05, 0.1) is 17.7 Å². The Balaban J connectivity index is 2.08. The predicted octanol–water partition coefficient (Wildman–Crippen LogP) is 4.57. The molecule has 1 aliphatic rings. The number of imide groups is 1. The Morgan fingerprint density at radius 3 is 2.39 bits per heavy atom. The van der Waals surface area contributed by atoms with Gasteiger partial charge in [0.25, 0.3) is 11.8 Å². The molecule has 2 aromatic carbocycles. The number of carbonyl (C=O) groups excluding carboxylic acids is 2. The quantitative estimate of drug-likeness (QED) is 0.724. The number of methoxy groups -OCH3 is 1. The van der Waals surface area contributed by atoms with Crippen LogP contribution in [0, 0.1) is 13.8 Å². The van der Waals surface area contributed by atoms with E-state index in [4.69, 9.17) is 16.3 Å². The first-order chi connectivity index (χ1) is 13.4. The molecule has 2 amide bonds. The van der Waals surface area contributed by atoms with Gasteiger partial charge in [0, 0.05) is 12.2 Å². The Bertz CT molecular complexity index is 982. The van der Waals surface area contributed by atoms with Gasteiger partial charge in [0.1, 0.15) is 11.4 Å². The van der Waals surface area contributed by atoms with Crippen molar-refractivity contribution in [3.63, 3.8) is 0 Å². The third kappa shape index (κ3) is 3.62. The maximum absolute atomic E-state index is 13.0. The van der Waals surface area contributed by atoms with Crippen LogP contribution in [0.15, 0.2) is 42.1 Å². The van der Waals surface area contributed by atoms with Gasteiger partial charge >= 0.3 is 0 Å². The van der Waals surface area contributed by atoms with Gasteiger partial charge in [0.15, 0.2) is 0 Å². The summed E-state index contributed by atoms with van der Waals surface area (Å²) in [5, 5.41) is 3.53. The molecule has 0 unspecified atom stereocenters. The normalized spacial score (nSPS) is 14.1. The lowest BCUT2D eigenvalue weighted by atomic mass is 9.99. The third-order valence-electron chi connectivity index (χ3n) is 4.83. The number of carbonyl (C=O) groups is 2. The summed E-state index contributed by atoms with van der Waals surface area (Å²) in [5.74, 6) is -0.0683. The number of hydrogen-bond donors (Lipinski definition) is 1. The van der Waals surface area contributed by atoms with E-state index in [0.717, 1.165) is 16.7 Å². The average Bonchev–Trinajstić information content (AvgIpc) is 2.89. The maximum atomic E-state index is 13.0. The Morgan fingerprint density at radius 1 is 1.04 bits per heavy atom. The van der Waals surface area contributed by atoms with E-state index in [0.29, 0.717) is 35.0 Å². The highest BCUT2D eigenvalue weighted by Crippen LogP contribution is 2.33. The summed E-state index contributed by atoms with van der Waals surface area (Å²) in [7, 11) is 1.54. The summed E-state index contributed by atoms with van der Waals surface area (Å²) in [6, 6.07) is 10.9. The minimum Gasteiger partial charge on any atom is -0.495 e. The second kappa shape index (κ2) is 8.07. The van der Waals surface area contributed by atoms with E-state index < -0.39 is 0 Å². The predicted molar refractivity (Wildman–Crippen MR) is 111 cm³/mol. The van der Waals surface area contributed by atoms with E-state index in [9.17, 15) is 9.59 Å². The fourth-order valence-electron chi connectivity index (χ4n) is 3.17. The van der Waals surface area contributed by atoms with Crippen LogP contribution in [0.4, 0.5) is 5.69 Å². The summed E-state index contributed by atoms with van der Waals surface area (Å²) in [5.41, 5.74) is 4.18. The standard InChI is InChI=1S/C22H23ClN2O3/c1-5-10-25-21(26)19(15-7-6-13(2)14(3)11-15)20(22(25)27)24-16-8-9-18(28-4)17(23)12-16/h6-9,11-12,24H,5,10H2,1-4H3. The van der Waals surface area contributed by atoms with Crippen molar-refractivity contribution in [1.82, 2.24) is 4.90 Å². The Labute approximate surface area is 169 Å². The van der Waals surface area contributed by atoms with Crippen molar-refractivity contribution >= 4 is 34.7 Å². The second-order valence-corrected chi connectivity index (χ2v) is 7.19. The molecule has 0 radical (unpaired) electrons. The Morgan fingerprint density at radius 2 is 1.79 bits per heavy atom. The summed E-state index contributed by atoms with van der Waals surface area (Å²) < 4.78 is 5.17. The van der Waals surface area contributed by atoms with E-state index in [1.807, 2.05) is 39.0 Å². The lowest BCUT2D eigenvalue weighted by Gasteiger charge is -2.14. The molecule has 28 heavy (non-hydrogen) atoms. The lowest BCUT2D eigenvalue weighted by Crippen LogP contribution is -2.33. The molecule has 1 heterocycles. The molecule has 0 saturated heterocycles. The van der Waals surface area contributed by atoms with Crippen molar-refractivity contribution < 1.29 is 14.3 Å². The van der Waals surface area contributed by atoms with Crippen molar-refractivity contribution in [2.45, 2.75) is 27.2 Å². The van der Waals surface area contributed by atoms with Crippen LogP contribution in [0.2, 0.25) is 5.02 Å². The van der Waals surface area contributed by atoms with Crippen molar-refractivity contribution in [2.75, 3.05) is 19.0 Å². The van der Waals surface area contributed by atoms with E-state index in [1.165, 1.54) is 12.0 Å². The highest BCUT2D eigenvalue weighted by molar-refractivity contribution is 6.36. The van der Waals surface area contributed by atoms with Gasteiger partial charge in [-0.3, -0.25) is 14.5 Å². The molecule has 146 valence electrons. The number of nitrogens with zero attached hydrogens (tertiary/aromatic N) is 1. The first-order valence-corrected chi connectivity index (χ1v) is 9.53. The molecule has 2 aromatic rings. The highest BCUT2D eigenvalue weighted by Gasteiger charge is 2.38. The van der Waals surface area contributed by atoms with Gasteiger partial charge in [-0.2, -0.15) is 0 Å². The zero-order valence-corrected chi connectivity index (χ0v) is 17.2. The van der Waals surface area contributed by atoms with Crippen molar-refractivity contribution in [3.05, 3.63) is 63.8 Å². The number of hydrogen-bond acceptors (Lipinski definition) is 4. The van der Waals surface area contributed by atoms with Crippen molar-refractivity contribution in [3.8, 4) is 5.75 Å². The molecule has 0 fully saturated rings. The smallest absolute Gasteiger partial charge is 0.278 e. The number of anilines is 1. The molecule has 1 aliphatic heterocycles. The van der Waals surface area contributed by atoms with Crippen LogP contribution in [0.25, 0.3) is 5.57 Å². The summed E-state index contributed by atoms with van der Waals surface area (Å²) >= 11 is 6.21. The Kier molecular flexibility index (Phi) is 5.75. The molecule has 0 aromatic heterocycles. The van der Waals surface area contributed by atoms with Gasteiger partial charge in [-0.25, -0.2) is 0 Å². The number of aryl methyl sites for hydroxylation is 2. The van der Waals surface area contributed by atoms with E-state index in [1.54, 1.807) is 18.2 Å². The zero-order chi connectivity index (χ0) is 20.4. The number of halogens is 1. The van der Waals surface area contributed by atoms with Gasteiger partial charge in [-0.1, -0.05) is 36.7 Å². The van der Waals surface area contributed by atoms with Crippen LogP contribution in [-0.4, -0.2) is 30.4 Å². The summed E-state index contributed by atoms with van der Waals surface area (Å²) in [4.78, 5) is 27.3. The van der Waals surface area contributed by atoms with Crippen LogP contribution in [0.5, 0.6) is 5.75 Å². The molecule has 0 spiro atoms. The molecule has 5 nitrogen and oxygen atoms in total. The Hall–Kier alpha value is -2.79. The van der Waals surface area contributed by atoms with Crippen molar-refractivity contribution in [1.29, 1.82) is 0 Å². The average molecular weight is 399 g/mol. The number of benzene rings is 2. The van der Waals surface area contributed by atoms with Gasteiger partial charge in [-0.15, -0.1) is 0 Å². The van der Waals surface area contributed by atoms with Crippen LogP contribution < -0.4 is 10.1 Å². The molecule has 1 N–H and O–H groups in total. The molecule has 3 rings (SSSR count). The van der Waals surface area contributed by atoms with Gasteiger partial charge < -0.3 is 10.1 Å². The van der Waals surface area contributed by atoms with Crippen LogP contribution >= 0.6 is 11.6 Å². The van der Waals surface area contributed by atoms with Crippen molar-refractivity contribution in [2.24, 2.45) is 0 Å². The van der Waals surface area contributed by atoms with E-state index in [-0.39, 0.29) is 17.5 Å². The highest BCUT2D eigenvalue weighted by atomic mass is 35.5. The van der Waals surface area contributed by atoms with Crippen LogP contribution in [0.3, 0.4) is 0 Å². The zero-order valence-electron chi connectivity index (χ0n) is 16.4. The minimum absolute atomic E-state index is 0.267. The number of amides is 2. The number of rotatable bonds is 6. The first kappa shape index (κ1) is 20.0. The number of ether oxygens (including phenoxy) is 1. The largest absolute Gasteiger partial charge is 0.495 e. The summed E-state index contributed by atoms with van der Waals surface area (Å²) in [6.45, 7) is 6.31. The molecular weight excluding hydrogens is 376 g/mol. The van der Waals surface area contributed by atoms with E-state index >= 15 is 0 Å². The molecule has 0 atom stereocenters.